The minimum atomic E-state index is 0.584. The molecule has 0 amide bonds. The summed E-state index contributed by atoms with van der Waals surface area (Å²) in [5.74, 6) is 3.67. The molecule has 0 atom stereocenters. The molecule has 4 saturated carbocycles. The van der Waals surface area contributed by atoms with Crippen LogP contribution < -0.4 is 10.6 Å². The Bertz CT molecular complexity index is 573. The quantitative estimate of drug-likeness (QED) is 0.762. The van der Waals surface area contributed by atoms with Gasteiger partial charge in [0.15, 0.2) is 5.11 Å². The van der Waals surface area contributed by atoms with Crippen LogP contribution in [0.15, 0.2) is 18.2 Å². The van der Waals surface area contributed by atoms with Gasteiger partial charge >= 0.3 is 0 Å². The van der Waals surface area contributed by atoms with Crippen LogP contribution in [-0.2, 0) is 0 Å². The molecule has 4 aliphatic rings. The van der Waals surface area contributed by atoms with Gasteiger partial charge in [-0.05, 0) is 98.7 Å². The second-order valence-electron chi connectivity index (χ2n) is 7.51. The highest BCUT2D eigenvalue weighted by Gasteiger charge is 2.48. The van der Waals surface area contributed by atoms with Crippen molar-refractivity contribution < 1.29 is 0 Å². The van der Waals surface area contributed by atoms with Gasteiger partial charge in [-0.1, -0.05) is 11.6 Å². The van der Waals surface area contributed by atoms with Gasteiger partial charge in [0, 0.05) is 16.8 Å². The van der Waals surface area contributed by atoms with E-state index in [0.29, 0.717) is 6.04 Å². The lowest BCUT2D eigenvalue weighted by Gasteiger charge is -2.54. The van der Waals surface area contributed by atoms with Crippen molar-refractivity contribution in [2.75, 3.05) is 5.32 Å². The first kappa shape index (κ1) is 14.8. The first-order valence-corrected chi connectivity index (χ1v) is 9.21. The van der Waals surface area contributed by atoms with Crippen molar-refractivity contribution in [3.05, 3.63) is 28.8 Å². The zero-order chi connectivity index (χ0) is 15.3. The molecule has 4 aliphatic carbocycles. The topological polar surface area (TPSA) is 24.1 Å². The Morgan fingerprint density at radius 1 is 1.09 bits per heavy atom. The van der Waals surface area contributed by atoms with E-state index in [0.717, 1.165) is 45.1 Å². The molecule has 1 aromatic carbocycles. The molecule has 0 radical (unpaired) electrons. The summed E-state index contributed by atoms with van der Waals surface area (Å²) in [6.07, 6.45) is 7.13. The van der Waals surface area contributed by atoms with Crippen LogP contribution in [-0.4, -0.2) is 11.2 Å². The Kier molecular flexibility index (Phi) is 3.82. The van der Waals surface area contributed by atoms with Gasteiger partial charge in [0.05, 0.1) is 0 Å². The standard InChI is InChI=1S/C18H23ClN2S/c1-10-4-15(19)2-3-16(10)20-18(22)21-17-13-6-11-5-12(8-13)9-14(17)7-11/h2-4,11-14,17H,5-9H2,1H3,(H2,20,21,22). The highest BCUT2D eigenvalue weighted by atomic mass is 35.5. The number of hydrogen-bond acceptors (Lipinski definition) is 1. The van der Waals surface area contributed by atoms with Crippen LogP contribution in [0.25, 0.3) is 0 Å². The van der Waals surface area contributed by atoms with Gasteiger partial charge in [0.25, 0.3) is 0 Å². The van der Waals surface area contributed by atoms with Crippen molar-refractivity contribution in [2.45, 2.75) is 45.1 Å². The third-order valence-corrected chi connectivity index (χ3v) is 6.42. The van der Waals surface area contributed by atoms with Crippen LogP contribution in [0.4, 0.5) is 5.69 Å². The van der Waals surface area contributed by atoms with E-state index in [2.05, 4.69) is 17.6 Å². The second kappa shape index (κ2) is 5.68. The van der Waals surface area contributed by atoms with Gasteiger partial charge in [-0.15, -0.1) is 0 Å². The molecule has 4 heteroatoms. The maximum Gasteiger partial charge on any atom is 0.171 e. The zero-order valence-corrected chi connectivity index (χ0v) is 14.5. The number of nitrogens with one attached hydrogen (secondary N) is 2. The molecule has 1 aromatic rings. The lowest BCUT2D eigenvalue weighted by molar-refractivity contribution is -0.00665. The predicted octanol–water partition coefficient (Wildman–Crippen LogP) is 4.76. The van der Waals surface area contributed by atoms with Gasteiger partial charge in [-0.25, -0.2) is 0 Å². The summed E-state index contributed by atoms with van der Waals surface area (Å²) in [6, 6.07) is 6.46. The Hall–Kier alpha value is -0.800. The van der Waals surface area contributed by atoms with Gasteiger partial charge < -0.3 is 10.6 Å². The maximum absolute atomic E-state index is 6.02. The highest BCUT2D eigenvalue weighted by molar-refractivity contribution is 7.80. The number of rotatable bonds is 2. The summed E-state index contributed by atoms with van der Waals surface area (Å²) in [6.45, 7) is 2.06. The third kappa shape index (κ3) is 2.74. The number of halogens is 1. The minimum Gasteiger partial charge on any atom is -0.359 e. The van der Waals surface area contributed by atoms with E-state index in [4.69, 9.17) is 23.8 Å². The highest BCUT2D eigenvalue weighted by Crippen LogP contribution is 2.53. The molecule has 118 valence electrons. The molecule has 0 heterocycles. The second-order valence-corrected chi connectivity index (χ2v) is 8.36. The Morgan fingerprint density at radius 3 is 2.32 bits per heavy atom. The van der Waals surface area contributed by atoms with E-state index in [1.165, 1.54) is 32.1 Å². The normalized spacial score (nSPS) is 35.5. The van der Waals surface area contributed by atoms with Crippen LogP contribution in [0.2, 0.25) is 5.02 Å². The Labute approximate surface area is 143 Å². The summed E-state index contributed by atoms with van der Waals surface area (Å²) < 4.78 is 0. The molecule has 2 nitrogen and oxygen atoms in total. The third-order valence-electron chi connectivity index (χ3n) is 5.96. The van der Waals surface area contributed by atoms with Gasteiger partial charge in [-0.2, -0.15) is 0 Å². The molecule has 4 fully saturated rings. The maximum atomic E-state index is 6.02. The Balaban J connectivity index is 1.42. The van der Waals surface area contributed by atoms with Crippen molar-refractivity contribution in [3.63, 3.8) is 0 Å². The average molecular weight is 335 g/mol. The first-order valence-electron chi connectivity index (χ1n) is 8.42. The van der Waals surface area contributed by atoms with E-state index in [-0.39, 0.29) is 0 Å². The summed E-state index contributed by atoms with van der Waals surface area (Å²) in [4.78, 5) is 0. The molecule has 0 spiro atoms. The summed E-state index contributed by atoms with van der Waals surface area (Å²) >= 11 is 11.6. The van der Waals surface area contributed by atoms with Gasteiger partial charge in [0.1, 0.15) is 0 Å². The molecule has 0 unspecified atom stereocenters. The van der Waals surface area contributed by atoms with Crippen LogP contribution >= 0.6 is 23.8 Å². The lowest BCUT2D eigenvalue weighted by Crippen LogP contribution is -2.56. The SMILES string of the molecule is Cc1cc(Cl)ccc1NC(=S)NC1C2CC3CC(C2)CC1C3. The summed E-state index contributed by atoms with van der Waals surface area (Å²) in [7, 11) is 0. The van der Waals surface area contributed by atoms with Crippen LogP contribution in [0.3, 0.4) is 0 Å². The zero-order valence-electron chi connectivity index (χ0n) is 12.9. The van der Waals surface area contributed by atoms with Crippen LogP contribution in [0, 0.1) is 30.6 Å². The predicted molar refractivity (Wildman–Crippen MR) is 96.4 cm³/mol. The van der Waals surface area contributed by atoms with Crippen molar-refractivity contribution >= 4 is 34.6 Å². The number of anilines is 1. The number of benzene rings is 1. The van der Waals surface area contributed by atoms with Crippen LogP contribution in [0.5, 0.6) is 0 Å². The van der Waals surface area contributed by atoms with E-state index < -0.39 is 0 Å². The van der Waals surface area contributed by atoms with Crippen molar-refractivity contribution in [1.29, 1.82) is 0 Å². The summed E-state index contributed by atoms with van der Waals surface area (Å²) in [5, 5.41) is 8.53. The molecular formula is C18H23ClN2S. The van der Waals surface area contributed by atoms with Crippen molar-refractivity contribution in [3.8, 4) is 0 Å². The van der Waals surface area contributed by atoms with E-state index in [1.54, 1.807) is 0 Å². The molecule has 0 aliphatic heterocycles. The minimum absolute atomic E-state index is 0.584. The molecule has 5 rings (SSSR count). The molecule has 4 bridgehead atoms. The molecule has 0 saturated heterocycles. The fourth-order valence-electron chi connectivity index (χ4n) is 5.24. The number of hydrogen-bond donors (Lipinski definition) is 2. The van der Waals surface area contributed by atoms with E-state index in [1.807, 2.05) is 18.2 Å². The average Bonchev–Trinajstić information content (AvgIpc) is 2.45. The Morgan fingerprint density at radius 2 is 1.73 bits per heavy atom. The fraction of sp³-hybridized carbons (Fsp3) is 0.611. The van der Waals surface area contributed by atoms with Crippen molar-refractivity contribution in [2.24, 2.45) is 23.7 Å². The first-order chi connectivity index (χ1) is 10.6. The van der Waals surface area contributed by atoms with E-state index in [9.17, 15) is 0 Å². The molecular weight excluding hydrogens is 312 g/mol. The van der Waals surface area contributed by atoms with E-state index >= 15 is 0 Å². The largest absolute Gasteiger partial charge is 0.359 e. The van der Waals surface area contributed by atoms with Gasteiger partial charge in [0.2, 0.25) is 0 Å². The summed E-state index contributed by atoms with van der Waals surface area (Å²) in [5.41, 5.74) is 2.17. The molecule has 0 aromatic heterocycles. The molecule has 22 heavy (non-hydrogen) atoms. The molecule has 2 N–H and O–H groups in total. The fourth-order valence-corrected chi connectivity index (χ4v) is 5.71. The lowest BCUT2D eigenvalue weighted by atomic mass is 9.54. The van der Waals surface area contributed by atoms with Gasteiger partial charge in [-0.3, -0.25) is 0 Å². The van der Waals surface area contributed by atoms with Crippen LogP contribution in [0.1, 0.15) is 37.7 Å². The monoisotopic (exact) mass is 334 g/mol. The van der Waals surface area contributed by atoms with Crippen molar-refractivity contribution in [1.82, 2.24) is 5.32 Å². The smallest absolute Gasteiger partial charge is 0.171 e. The number of aryl methyl sites for hydroxylation is 1. The number of thiocarbonyl (C=S) groups is 1.